The normalized spacial score (nSPS) is 19.2. The second kappa shape index (κ2) is 8.58. The smallest absolute Gasteiger partial charge is 0.286 e. The van der Waals surface area contributed by atoms with Gasteiger partial charge in [0.25, 0.3) is 11.8 Å². The Bertz CT molecular complexity index is 1320. The molecule has 2 amide bonds. The van der Waals surface area contributed by atoms with Crippen LogP contribution in [0.4, 0.5) is 8.78 Å². The Morgan fingerprint density at radius 2 is 2.03 bits per heavy atom. The topological polar surface area (TPSA) is 100 Å². The molecular weight excluding hydrogens is 456 g/mol. The molecule has 8 nitrogen and oxygen atoms in total. The van der Waals surface area contributed by atoms with Crippen LogP contribution in [0.25, 0.3) is 22.3 Å². The van der Waals surface area contributed by atoms with Crippen LogP contribution in [0, 0.1) is 19.8 Å². The quantitative estimate of drug-likeness (QED) is 0.558. The number of carbonyl (C=O) groups is 2. The van der Waals surface area contributed by atoms with Crippen LogP contribution in [0.5, 0.6) is 5.75 Å². The van der Waals surface area contributed by atoms with Gasteiger partial charge in [0.15, 0.2) is 0 Å². The van der Waals surface area contributed by atoms with E-state index >= 15 is 0 Å². The van der Waals surface area contributed by atoms with Crippen LogP contribution in [-0.4, -0.2) is 63.3 Å². The molecular formula is C25H27F2N5O3. The molecule has 1 saturated heterocycles. The highest BCUT2D eigenvalue weighted by Crippen LogP contribution is 2.37. The molecule has 1 saturated carbocycles. The van der Waals surface area contributed by atoms with Crippen molar-refractivity contribution in [3.63, 3.8) is 0 Å². The molecule has 0 spiro atoms. The molecule has 2 aliphatic rings. The maximum Gasteiger partial charge on any atom is 0.286 e. The summed E-state index contributed by atoms with van der Waals surface area (Å²) in [4.78, 5) is 37.7. The second-order valence-corrected chi connectivity index (χ2v) is 9.51. The van der Waals surface area contributed by atoms with Crippen molar-refractivity contribution in [2.45, 2.75) is 45.6 Å². The van der Waals surface area contributed by atoms with E-state index in [1.807, 2.05) is 25.1 Å². The fourth-order valence-electron chi connectivity index (χ4n) is 4.45. The Hall–Kier alpha value is -3.56. The standard InChI is InChI=1S/C25H27F2N5O3/c1-13-4-7-18(35-10-16-5-6-16)17(8-13)21-23-22(29-12-28-21)20(14(2)30-23)24(34)31-19-9-32(15(3)33)11-25(19,26)27/h4,7-8,12,16,19,30H,5-6,9-11H2,1-3H3,(H,31,34)/t19-/m1/s1. The van der Waals surface area contributed by atoms with Crippen molar-refractivity contribution in [2.24, 2.45) is 5.92 Å². The molecule has 2 aromatic heterocycles. The predicted molar refractivity (Wildman–Crippen MR) is 125 cm³/mol. The number of aryl methyl sites for hydroxylation is 2. The van der Waals surface area contributed by atoms with Crippen molar-refractivity contribution < 1.29 is 23.1 Å². The molecule has 5 rings (SSSR count). The summed E-state index contributed by atoms with van der Waals surface area (Å²) in [6, 6.07) is 4.36. The van der Waals surface area contributed by atoms with Crippen LogP contribution in [0.3, 0.4) is 0 Å². The molecule has 35 heavy (non-hydrogen) atoms. The molecule has 0 bridgehead atoms. The van der Waals surface area contributed by atoms with E-state index in [0.29, 0.717) is 40.7 Å². The lowest BCUT2D eigenvalue weighted by atomic mass is 10.1. The van der Waals surface area contributed by atoms with E-state index in [0.717, 1.165) is 28.9 Å². The summed E-state index contributed by atoms with van der Waals surface area (Å²) < 4.78 is 35.0. The third kappa shape index (κ3) is 4.44. The molecule has 184 valence electrons. The minimum Gasteiger partial charge on any atom is -0.493 e. The first-order chi connectivity index (χ1) is 16.6. The largest absolute Gasteiger partial charge is 0.493 e. The number of alkyl halides is 2. The van der Waals surface area contributed by atoms with E-state index in [2.05, 4.69) is 20.3 Å². The van der Waals surface area contributed by atoms with Crippen molar-refractivity contribution in [3.05, 3.63) is 41.3 Å². The summed E-state index contributed by atoms with van der Waals surface area (Å²) in [5.74, 6) is -3.10. The van der Waals surface area contributed by atoms with Gasteiger partial charge < -0.3 is 19.9 Å². The predicted octanol–water partition coefficient (Wildman–Crippen LogP) is 3.63. The molecule has 1 aromatic carbocycles. The van der Waals surface area contributed by atoms with Gasteiger partial charge in [0.2, 0.25) is 5.91 Å². The molecule has 3 heterocycles. The van der Waals surface area contributed by atoms with Gasteiger partial charge in [-0.1, -0.05) is 11.6 Å². The van der Waals surface area contributed by atoms with Gasteiger partial charge in [0.1, 0.15) is 29.3 Å². The van der Waals surface area contributed by atoms with Gasteiger partial charge >= 0.3 is 0 Å². The van der Waals surface area contributed by atoms with Crippen LogP contribution in [-0.2, 0) is 4.79 Å². The van der Waals surface area contributed by atoms with Crippen LogP contribution in [0.1, 0.15) is 41.4 Å². The van der Waals surface area contributed by atoms with E-state index in [4.69, 9.17) is 4.74 Å². The Balaban J connectivity index is 1.49. The molecule has 2 N–H and O–H groups in total. The molecule has 0 unspecified atom stereocenters. The zero-order chi connectivity index (χ0) is 24.9. The summed E-state index contributed by atoms with van der Waals surface area (Å²) >= 11 is 0. The van der Waals surface area contributed by atoms with Gasteiger partial charge in [-0.3, -0.25) is 9.59 Å². The fourth-order valence-corrected chi connectivity index (χ4v) is 4.45. The third-order valence-corrected chi connectivity index (χ3v) is 6.63. The summed E-state index contributed by atoms with van der Waals surface area (Å²) in [6.07, 6.45) is 3.69. The fraction of sp³-hybridized carbons (Fsp3) is 0.440. The zero-order valence-electron chi connectivity index (χ0n) is 19.8. The highest BCUT2D eigenvalue weighted by molar-refractivity contribution is 6.09. The lowest BCUT2D eigenvalue weighted by Crippen LogP contribution is -2.46. The summed E-state index contributed by atoms with van der Waals surface area (Å²) in [5.41, 5.74) is 3.88. The first kappa shape index (κ1) is 23.2. The lowest BCUT2D eigenvalue weighted by molar-refractivity contribution is -0.129. The number of hydrogen-bond acceptors (Lipinski definition) is 5. The van der Waals surface area contributed by atoms with Crippen molar-refractivity contribution >= 4 is 22.8 Å². The van der Waals surface area contributed by atoms with Crippen molar-refractivity contribution in [1.82, 2.24) is 25.2 Å². The molecule has 2 fully saturated rings. The van der Waals surface area contributed by atoms with E-state index in [-0.39, 0.29) is 12.1 Å². The highest BCUT2D eigenvalue weighted by atomic mass is 19.3. The zero-order valence-corrected chi connectivity index (χ0v) is 19.8. The third-order valence-electron chi connectivity index (χ3n) is 6.63. The number of fused-ring (bicyclic) bond motifs is 1. The van der Waals surface area contributed by atoms with Crippen molar-refractivity contribution in [1.29, 1.82) is 0 Å². The van der Waals surface area contributed by atoms with E-state index < -0.39 is 30.3 Å². The number of nitrogens with one attached hydrogen (secondary N) is 2. The van der Waals surface area contributed by atoms with Crippen molar-refractivity contribution in [3.8, 4) is 17.0 Å². The van der Waals surface area contributed by atoms with E-state index in [1.54, 1.807) is 6.92 Å². The minimum atomic E-state index is -3.23. The average Bonchev–Trinajstić information content (AvgIpc) is 3.49. The SMILES string of the molecule is CC(=O)N1C[C@@H](NC(=O)c2c(C)[nH]c3c(-c4cc(C)ccc4OCC4CC4)ncnc23)C(F)(F)C1. The number of aromatic nitrogens is 3. The van der Waals surface area contributed by atoms with Crippen molar-refractivity contribution in [2.75, 3.05) is 19.7 Å². The number of carbonyl (C=O) groups excluding carboxylic acids is 2. The highest BCUT2D eigenvalue weighted by Gasteiger charge is 2.50. The van der Waals surface area contributed by atoms with Gasteiger partial charge in [-0.15, -0.1) is 0 Å². The minimum absolute atomic E-state index is 0.175. The number of rotatable bonds is 6. The Morgan fingerprint density at radius 3 is 2.71 bits per heavy atom. The Labute approximate surface area is 201 Å². The van der Waals surface area contributed by atoms with Crippen LogP contribution >= 0.6 is 0 Å². The van der Waals surface area contributed by atoms with Gasteiger partial charge in [-0.2, -0.15) is 0 Å². The number of H-pyrrole nitrogens is 1. The van der Waals surface area contributed by atoms with E-state index in [9.17, 15) is 18.4 Å². The summed E-state index contributed by atoms with van der Waals surface area (Å²) in [6.45, 7) is 4.56. The average molecular weight is 484 g/mol. The molecule has 1 aliphatic heterocycles. The van der Waals surface area contributed by atoms with Gasteiger partial charge in [-0.25, -0.2) is 18.7 Å². The first-order valence-corrected chi connectivity index (χ1v) is 11.7. The van der Waals surface area contributed by atoms with Crippen LogP contribution in [0.2, 0.25) is 0 Å². The van der Waals surface area contributed by atoms with Crippen LogP contribution in [0.15, 0.2) is 24.5 Å². The maximum absolute atomic E-state index is 14.5. The molecule has 0 radical (unpaired) electrons. The Kier molecular flexibility index (Phi) is 5.69. The summed E-state index contributed by atoms with van der Waals surface area (Å²) in [5, 5.41) is 2.42. The lowest BCUT2D eigenvalue weighted by Gasteiger charge is -2.18. The number of amides is 2. The molecule has 10 heteroatoms. The van der Waals surface area contributed by atoms with Gasteiger partial charge in [0.05, 0.1) is 24.2 Å². The second-order valence-electron chi connectivity index (χ2n) is 9.51. The molecule has 1 aliphatic carbocycles. The number of ether oxygens (including phenoxy) is 1. The summed E-state index contributed by atoms with van der Waals surface area (Å²) in [7, 11) is 0. The molecule has 1 atom stereocenters. The number of nitrogens with zero attached hydrogens (tertiary/aromatic N) is 3. The number of benzene rings is 1. The number of likely N-dealkylation sites (tertiary alicyclic amines) is 1. The Morgan fingerprint density at radius 1 is 1.26 bits per heavy atom. The first-order valence-electron chi connectivity index (χ1n) is 11.7. The maximum atomic E-state index is 14.5. The molecule has 3 aromatic rings. The van der Waals surface area contributed by atoms with Gasteiger partial charge in [0, 0.05) is 24.7 Å². The van der Waals surface area contributed by atoms with Crippen LogP contribution < -0.4 is 10.1 Å². The number of aromatic amines is 1. The monoisotopic (exact) mass is 483 g/mol. The number of hydrogen-bond donors (Lipinski definition) is 2. The van der Waals surface area contributed by atoms with E-state index in [1.165, 1.54) is 13.3 Å². The number of halogens is 2. The van der Waals surface area contributed by atoms with Gasteiger partial charge in [-0.05, 0) is 44.7 Å².